The Morgan fingerprint density at radius 1 is 1.45 bits per heavy atom. The number of aliphatic hydroxyl groups is 2. The fourth-order valence-corrected chi connectivity index (χ4v) is 3.05. The fraction of sp³-hybridized carbons (Fsp3) is 0.692. The third-order valence-corrected chi connectivity index (χ3v) is 4.14. The van der Waals surface area contributed by atoms with Gasteiger partial charge in [-0.3, -0.25) is 9.36 Å². The molecule has 122 valence electrons. The second-order valence-corrected chi connectivity index (χ2v) is 5.61. The molecule has 9 nitrogen and oxygen atoms in total. The van der Waals surface area contributed by atoms with Crippen LogP contribution in [0.1, 0.15) is 16.7 Å². The zero-order valence-electron chi connectivity index (χ0n) is 12.7. The lowest BCUT2D eigenvalue weighted by atomic mass is 10.1. The molecule has 1 aromatic heterocycles. The lowest BCUT2D eigenvalue weighted by molar-refractivity contribution is -0.0595. The van der Waals surface area contributed by atoms with Crippen molar-refractivity contribution in [2.24, 2.45) is 0 Å². The lowest BCUT2D eigenvalue weighted by Gasteiger charge is -2.33. The minimum absolute atomic E-state index is 0.168. The fourth-order valence-electron chi connectivity index (χ4n) is 3.05. The zero-order chi connectivity index (χ0) is 16.0. The Labute approximate surface area is 127 Å². The van der Waals surface area contributed by atoms with Crippen LogP contribution in [0, 0.1) is 0 Å². The molecule has 0 unspecified atom stereocenters. The highest BCUT2D eigenvalue weighted by Gasteiger charge is 2.46. The molecule has 0 radical (unpaired) electrons. The number of amides is 1. The second-order valence-electron chi connectivity index (χ2n) is 5.61. The first-order valence-electron chi connectivity index (χ1n) is 7.00. The molecule has 2 aliphatic heterocycles. The van der Waals surface area contributed by atoms with Gasteiger partial charge in [0.15, 0.2) is 11.9 Å². The number of methoxy groups -OCH3 is 1. The molecule has 4 atom stereocenters. The van der Waals surface area contributed by atoms with Crippen LogP contribution in [-0.2, 0) is 9.47 Å². The molecule has 3 heterocycles. The van der Waals surface area contributed by atoms with Gasteiger partial charge in [0.25, 0.3) is 5.91 Å². The van der Waals surface area contributed by atoms with Crippen molar-refractivity contribution in [1.29, 1.82) is 0 Å². The number of fused-ring (bicyclic) bond motifs is 1. The highest BCUT2D eigenvalue weighted by molar-refractivity contribution is 5.98. The Morgan fingerprint density at radius 3 is 2.82 bits per heavy atom. The molecule has 9 heteroatoms. The average molecular weight is 312 g/mol. The van der Waals surface area contributed by atoms with E-state index >= 15 is 0 Å². The zero-order valence-corrected chi connectivity index (χ0v) is 12.7. The van der Waals surface area contributed by atoms with Gasteiger partial charge in [-0.2, -0.15) is 0 Å². The number of ether oxygens (including phenoxy) is 2. The van der Waals surface area contributed by atoms with Crippen LogP contribution in [0.25, 0.3) is 0 Å². The van der Waals surface area contributed by atoms with Crippen molar-refractivity contribution in [3.05, 3.63) is 12.0 Å². The molecule has 0 bridgehead atoms. The van der Waals surface area contributed by atoms with Crippen LogP contribution in [0.15, 0.2) is 6.33 Å². The second kappa shape index (κ2) is 5.51. The molecule has 0 spiro atoms. The van der Waals surface area contributed by atoms with E-state index < -0.39 is 24.5 Å². The Morgan fingerprint density at radius 2 is 2.18 bits per heavy atom. The van der Waals surface area contributed by atoms with Gasteiger partial charge in [-0.05, 0) is 0 Å². The largest absolute Gasteiger partial charge is 0.394 e. The predicted octanol–water partition coefficient (Wildman–Crippen LogP) is -1.37. The maximum absolute atomic E-state index is 12.2. The first kappa shape index (κ1) is 15.2. The number of hydrogen-bond acceptors (Lipinski definition) is 7. The van der Waals surface area contributed by atoms with Gasteiger partial charge >= 0.3 is 0 Å². The molecule has 2 aliphatic rings. The summed E-state index contributed by atoms with van der Waals surface area (Å²) in [6.45, 7) is 0.111. The van der Waals surface area contributed by atoms with Gasteiger partial charge < -0.3 is 29.5 Å². The van der Waals surface area contributed by atoms with Crippen LogP contribution in [0.4, 0.5) is 5.82 Å². The Balaban J connectivity index is 2.00. The third kappa shape index (κ3) is 2.09. The SMILES string of the molecule is CO[C@@H]1[C@H](O)[C@@H](CO)O[C@H]1n1cnc2c1N(C)CN(C)C2=O. The molecular weight excluding hydrogens is 292 g/mol. The van der Waals surface area contributed by atoms with E-state index in [1.807, 2.05) is 11.9 Å². The van der Waals surface area contributed by atoms with Crippen molar-refractivity contribution < 1.29 is 24.5 Å². The summed E-state index contributed by atoms with van der Waals surface area (Å²) in [7, 11) is 5.02. The van der Waals surface area contributed by atoms with E-state index in [1.165, 1.54) is 13.4 Å². The van der Waals surface area contributed by atoms with E-state index in [4.69, 9.17) is 9.47 Å². The number of rotatable bonds is 3. The number of nitrogens with zero attached hydrogens (tertiary/aromatic N) is 4. The van der Waals surface area contributed by atoms with Crippen LogP contribution in [0.3, 0.4) is 0 Å². The van der Waals surface area contributed by atoms with E-state index in [1.54, 1.807) is 16.5 Å². The molecular formula is C13H20N4O5. The third-order valence-electron chi connectivity index (χ3n) is 4.14. The lowest BCUT2D eigenvalue weighted by Crippen LogP contribution is -2.44. The minimum atomic E-state index is -0.953. The first-order valence-corrected chi connectivity index (χ1v) is 7.00. The van der Waals surface area contributed by atoms with E-state index in [0.29, 0.717) is 18.2 Å². The number of hydrogen-bond donors (Lipinski definition) is 2. The van der Waals surface area contributed by atoms with Gasteiger partial charge in [0.2, 0.25) is 0 Å². The molecule has 3 rings (SSSR count). The van der Waals surface area contributed by atoms with Crippen molar-refractivity contribution in [1.82, 2.24) is 14.5 Å². The van der Waals surface area contributed by atoms with Crippen molar-refractivity contribution in [3.8, 4) is 0 Å². The minimum Gasteiger partial charge on any atom is -0.394 e. The highest BCUT2D eigenvalue weighted by Crippen LogP contribution is 2.36. The summed E-state index contributed by atoms with van der Waals surface area (Å²) < 4.78 is 12.7. The van der Waals surface area contributed by atoms with Gasteiger partial charge in [0.05, 0.1) is 19.6 Å². The molecule has 1 saturated heterocycles. The monoisotopic (exact) mass is 312 g/mol. The van der Waals surface area contributed by atoms with Crippen LogP contribution >= 0.6 is 0 Å². The van der Waals surface area contributed by atoms with Gasteiger partial charge in [0.1, 0.15) is 24.1 Å². The van der Waals surface area contributed by atoms with Crippen molar-refractivity contribution in [3.63, 3.8) is 0 Å². The molecule has 0 saturated carbocycles. The van der Waals surface area contributed by atoms with Crippen LogP contribution in [0.2, 0.25) is 0 Å². The van der Waals surface area contributed by atoms with Crippen LogP contribution < -0.4 is 4.90 Å². The molecule has 2 N–H and O–H groups in total. The molecule has 1 amide bonds. The molecule has 1 aromatic rings. The Bertz CT molecular complexity index is 577. The van der Waals surface area contributed by atoms with E-state index in [2.05, 4.69) is 4.98 Å². The molecule has 1 fully saturated rings. The standard InChI is InChI=1S/C13H20N4O5/c1-15-6-16(2)12(20)8-11(15)17(5-14-8)13-10(21-3)9(19)7(4-18)22-13/h5,7,9-10,13,18-19H,4,6H2,1-3H3/t7-,9-,10-,13-/m1/s1. The molecule has 22 heavy (non-hydrogen) atoms. The van der Waals surface area contributed by atoms with Crippen LogP contribution in [0.5, 0.6) is 0 Å². The molecule has 0 aromatic carbocycles. The number of aliphatic hydroxyl groups excluding tert-OH is 2. The van der Waals surface area contributed by atoms with Crippen molar-refractivity contribution in [2.75, 3.05) is 39.4 Å². The summed E-state index contributed by atoms with van der Waals surface area (Å²) in [5, 5.41) is 19.4. The number of carbonyl (C=O) groups excluding carboxylic acids is 1. The highest BCUT2D eigenvalue weighted by atomic mass is 16.6. The number of anilines is 1. The van der Waals surface area contributed by atoms with Gasteiger partial charge in [-0.25, -0.2) is 4.98 Å². The predicted molar refractivity (Wildman–Crippen MR) is 75.4 cm³/mol. The summed E-state index contributed by atoms with van der Waals surface area (Å²) in [6.07, 6.45) is -1.50. The summed E-state index contributed by atoms with van der Waals surface area (Å²) in [5.41, 5.74) is 0.330. The van der Waals surface area contributed by atoms with Crippen LogP contribution in [-0.4, -0.2) is 83.4 Å². The van der Waals surface area contributed by atoms with E-state index in [9.17, 15) is 15.0 Å². The van der Waals surface area contributed by atoms with Gasteiger partial charge in [-0.1, -0.05) is 0 Å². The summed E-state index contributed by atoms with van der Waals surface area (Å²) in [4.78, 5) is 19.8. The number of imidazole rings is 1. The summed E-state index contributed by atoms with van der Waals surface area (Å²) in [5.74, 6) is 0.444. The van der Waals surface area contributed by atoms with E-state index in [0.717, 1.165) is 0 Å². The smallest absolute Gasteiger partial charge is 0.277 e. The van der Waals surface area contributed by atoms with E-state index in [-0.39, 0.29) is 12.5 Å². The summed E-state index contributed by atoms with van der Waals surface area (Å²) in [6, 6.07) is 0. The maximum atomic E-state index is 12.2. The van der Waals surface area contributed by atoms with Gasteiger partial charge in [-0.15, -0.1) is 0 Å². The number of carbonyl (C=O) groups is 1. The normalized spacial score (nSPS) is 31.8. The van der Waals surface area contributed by atoms with Crippen molar-refractivity contribution in [2.45, 2.75) is 24.5 Å². The maximum Gasteiger partial charge on any atom is 0.277 e. The average Bonchev–Trinajstić information content (AvgIpc) is 3.06. The molecule has 0 aliphatic carbocycles. The number of aromatic nitrogens is 2. The van der Waals surface area contributed by atoms with Gasteiger partial charge in [0, 0.05) is 21.2 Å². The Hall–Kier alpha value is -1.68. The van der Waals surface area contributed by atoms with Crippen molar-refractivity contribution >= 4 is 11.7 Å². The summed E-state index contributed by atoms with van der Waals surface area (Å²) >= 11 is 0. The quantitative estimate of drug-likeness (QED) is 0.710. The Kier molecular flexibility index (Phi) is 3.81. The first-order chi connectivity index (χ1) is 10.5. The topological polar surface area (TPSA) is 100 Å².